The molecular weight excluding hydrogens is 338 g/mol. The minimum absolute atomic E-state index is 0.0880. The Balaban J connectivity index is 1.31. The third-order valence-electron chi connectivity index (χ3n) is 6.52. The van der Waals surface area contributed by atoms with Gasteiger partial charge in [-0.05, 0) is 82.1 Å². The number of nitrogens with zero attached hydrogens (tertiary/aromatic N) is 1. The van der Waals surface area contributed by atoms with Crippen molar-refractivity contribution in [2.75, 3.05) is 11.9 Å². The molecule has 0 spiro atoms. The van der Waals surface area contributed by atoms with Crippen LogP contribution in [0.15, 0.2) is 24.3 Å². The number of rotatable bonds is 4. The summed E-state index contributed by atoms with van der Waals surface area (Å²) in [6, 6.07) is 8.92. The average Bonchev–Trinajstić information content (AvgIpc) is 3.00. The maximum absolute atomic E-state index is 12.7. The molecule has 3 atom stereocenters. The number of carbonyl (C=O) groups is 2. The standard InChI is InChI=1S/C22H31N3O2/c1-15-4-2-3-11-25(15)22(27)17-5-7-18(8-6-17)24-21(26)14-16-12-19-9-10-20(13-16)23-19/h5-8,15-16,19-20,23H,2-4,9-14H2,1H3,(H,24,26). The topological polar surface area (TPSA) is 61.4 Å². The molecule has 3 fully saturated rings. The smallest absolute Gasteiger partial charge is 0.254 e. The van der Waals surface area contributed by atoms with Crippen LogP contribution in [-0.2, 0) is 4.79 Å². The van der Waals surface area contributed by atoms with Gasteiger partial charge in [0.1, 0.15) is 0 Å². The van der Waals surface area contributed by atoms with Crippen LogP contribution in [0.5, 0.6) is 0 Å². The Morgan fingerprint density at radius 1 is 1.07 bits per heavy atom. The minimum Gasteiger partial charge on any atom is -0.336 e. The summed E-state index contributed by atoms with van der Waals surface area (Å²) in [6.07, 6.45) is 8.72. The summed E-state index contributed by atoms with van der Waals surface area (Å²) >= 11 is 0. The molecule has 3 heterocycles. The molecule has 1 aromatic rings. The Kier molecular flexibility index (Phi) is 5.48. The van der Waals surface area contributed by atoms with E-state index < -0.39 is 0 Å². The van der Waals surface area contributed by atoms with Gasteiger partial charge in [0.15, 0.2) is 0 Å². The molecule has 2 amide bonds. The maximum Gasteiger partial charge on any atom is 0.254 e. The van der Waals surface area contributed by atoms with Crippen molar-refractivity contribution in [2.24, 2.45) is 5.92 Å². The fraction of sp³-hybridized carbons (Fsp3) is 0.636. The van der Waals surface area contributed by atoms with Gasteiger partial charge in [0.2, 0.25) is 5.91 Å². The largest absolute Gasteiger partial charge is 0.336 e. The molecule has 2 bridgehead atoms. The third kappa shape index (κ3) is 4.34. The summed E-state index contributed by atoms with van der Waals surface area (Å²) in [6.45, 7) is 2.97. The highest BCUT2D eigenvalue weighted by Gasteiger charge is 2.34. The van der Waals surface area contributed by atoms with Crippen molar-refractivity contribution in [3.05, 3.63) is 29.8 Å². The zero-order valence-electron chi connectivity index (χ0n) is 16.2. The second-order valence-electron chi connectivity index (χ2n) is 8.65. The van der Waals surface area contributed by atoms with Crippen molar-refractivity contribution in [1.82, 2.24) is 10.2 Å². The van der Waals surface area contributed by atoms with Crippen LogP contribution in [0.25, 0.3) is 0 Å². The Hall–Kier alpha value is -1.88. The Labute approximate surface area is 161 Å². The van der Waals surface area contributed by atoms with Crippen molar-refractivity contribution >= 4 is 17.5 Å². The number of amides is 2. The fourth-order valence-electron chi connectivity index (χ4n) is 5.08. The number of hydrogen-bond acceptors (Lipinski definition) is 3. The summed E-state index contributed by atoms with van der Waals surface area (Å²) in [4.78, 5) is 27.1. The Morgan fingerprint density at radius 3 is 2.44 bits per heavy atom. The maximum atomic E-state index is 12.7. The number of piperidine rings is 2. The molecule has 3 saturated heterocycles. The molecule has 0 saturated carbocycles. The molecular formula is C22H31N3O2. The number of fused-ring (bicyclic) bond motifs is 2. The number of likely N-dealkylation sites (tertiary alicyclic amines) is 1. The predicted molar refractivity (Wildman–Crippen MR) is 107 cm³/mol. The van der Waals surface area contributed by atoms with Crippen LogP contribution in [0.2, 0.25) is 0 Å². The first-order valence-electron chi connectivity index (χ1n) is 10.6. The van der Waals surface area contributed by atoms with E-state index in [2.05, 4.69) is 17.6 Å². The summed E-state index contributed by atoms with van der Waals surface area (Å²) in [5.41, 5.74) is 1.48. The van der Waals surface area contributed by atoms with E-state index in [0.717, 1.165) is 37.9 Å². The highest BCUT2D eigenvalue weighted by Crippen LogP contribution is 2.32. The second-order valence-corrected chi connectivity index (χ2v) is 8.65. The Morgan fingerprint density at radius 2 is 1.78 bits per heavy atom. The van der Waals surface area contributed by atoms with E-state index in [1.807, 2.05) is 29.2 Å². The number of nitrogens with one attached hydrogen (secondary N) is 2. The fourth-order valence-corrected chi connectivity index (χ4v) is 5.08. The van der Waals surface area contributed by atoms with Crippen LogP contribution >= 0.6 is 0 Å². The summed E-state index contributed by atoms with van der Waals surface area (Å²) in [5.74, 6) is 0.681. The lowest BCUT2D eigenvalue weighted by Gasteiger charge is -2.33. The van der Waals surface area contributed by atoms with Crippen molar-refractivity contribution in [1.29, 1.82) is 0 Å². The summed E-state index contributed by atoms with van der Waals surface area (Å²) in [5, 5.41) is 6.63. The summed E-state index contributed by atoms with van der Waals surface area (Å²) in [7, 11) is 0. The molecule has 0 aromatic heterocycles. The van der Waals surface area contributed by atoms with Gasteiger partial charge in [-0.25, -0.2) is 0 Å². The highest BCUT2D eigenvalue weighted by molar-refractivity contribution is 5.96. The monoisotopic (exact) mass is 369 g/mol. The first kappa shape index (κ1) is 18.5. The van der Waals surface area contributed by atoms with E-state index >= 15 is 0 Å². The van der Waals surface area contributed by atoms with Gasteiger partial charge >= 0.3 is 0 Å². The van der Waals surface area contributed by atoms with E-state index in [9.17, 15) is 9.59 Å². The van der Waals surface area contributed by atoms with Gasteiger partial charge in [-0.3, -0.25) is 9.59 Å². The molecule has 2 N–H and O–H groups in total. The van der Waals surface area contributed by atoms with Crippen molar-refractivity contribution in [3.63, 3.8) is 0 Å². The van der Waals surface area contributed by atoms with E-state index in [0.29, 0.717) is 36.0 Å². The molecule has 3 unspecified atom stereocenters. The Bertz CT molecular complexity index is 675. The third-order valence-corrected chi connectivity index (χ3v) is 6.52. The second kappa shape index (κ2) is 8.01. The SMILES string of the molecule is CC1CCCCN1C(=O)c1ccc(NC(=O)CC2CC3CCC(C2)N3)cc1. The van der Waals surface area contributed by atoms with Gasteiger partial charge in [-0.1, -0.05) is 0 Å². The first-order valence-corrected chi connectivity index (χ1v) is 10.6. The van der Waals surface area contributed by atoms with Crippen LogP contribution in [0, 0.1) is 5.92 Å². The first-order chi connectivity index (χ1) is 13.1. The number of carbonyl (C=O) groups excluding carboxylic acids is 2. The number of benzene rings is 1. The normalized spacial score (nSPS) is 30.2. The van der Waals surface area contributed by atoms with E-state index in [-0.39, 0.29) is 11.8 Å². The number of hydrogen-bond donors (Lipinski definition) is 2. The molecule has 3 aliphatic rings. The van der Waals surface area contributed by atoms with Crippen LogP contribution < -0.4 is 10.6 Å². The zero-order chi connectivity index (χ0) is 18.8. The van der Waals surface area contributed by atoms with Gasteiger partial charge in [-0.2, -0.15) is 0 Å². The molecule has 0 aliphatic carbocycles. The van der Waals surface area contributed by atoms with E-state index in [4.69, 9.17) is 0 Å². The van der Waals surface area contributed by atoms with Crippen LogP contribution in [-0.4, -0.2) is 41.4 Å². The average molecular weight is 370 g/mol. The van der Waals surface area contributed by atoms with Gasteiger partial charge in [0.05, 0.1) is 0 Å². The van der Waals surface area contributed by atoms with E-state index in [1.165, 1.54) is 19.3 Å². The van der Waals surface area contributed by atoms with Gasteiger partial charge < -0.3 is 15.5 Å². The molecule has 146 valence electrons. The van der Waals surface area contributed by atoms with Crippen LogP contribution in [0.1, 0.15) is 68.6 Å². The van der Waals surface area contributed by atoms with Crippen molar-refractivity contribution in [2.45, 2.75) is 76.4 Å². The molecule has 0 radical (unpaired) electrons. The van der Waals surface area contributed by atoms with Gasteiger partial charge in [0, 0.05) is 42.3 Å². The molecule has 1 aromatic carbocycles. The minimum atomic E-state index is 0.0880. The predicted octanol–water partition coefficient (Wildman–Crippen LogP) is 3.56. The lowest BCUT2D eigenvalue weighted by atomic mass is 9.89. The van der Waals surface area contributed by atoms with Crippen molar-refractivity contribution < 1.29 is 9.59 Å². The molecule has 3 aliphatic heterocycles. The quantitative estimate of drug-likeness (QED) is 0.853. The van der Waals surface area contributed by atoms with Crippen molar-refractivity contribution in [3.8, 4) is 0 Å². The van der Waals surface area contributed by atoms with Crippen LogP contribution in [0.4, 0.5) is 5.69 Å². The highest BCUT2D eigenvalue weighted by atomic mass is 16.2. The molecule has 5 nitrogen and oxygen atoms in total. The molecule has 5 heteroatoms. The van der Waals surface area contributed by atoms with Gasteiger partial charge in [-0.15, -0.1) is 0 Å². The van der Waals surface area contributed by atoms with Gasteiger partial charge in [0.25, 0.3) is 5.91 Å². The lowest BCUT2D eigenvalue weighted by Crippen LogP contribution is -2.42. The molecule has 27 heavy (non-hydrogen) atoms. The lowest BCUT2D eigenvalue weighted by molar-refractivity contribution is -0.117. The van der Waals surface area contributed by atoms with E-state index in [1.54, 1.807) is 0 Å². The summed E-state index contributed by atoms with van der Waals surface area (Å²) < 4.78 is 0. The number of anilines is 1. The zero-order valence-corrected chi connectivity index (χ0v) is 16.2. The molecule has 4 rings (SSSR count). The van der Waals surface area contributed by atoms with Crippen LogP contribution in [0.3, 0.4) is 0 Å².